The molecule has 4 bridgehead atoms. The maximum Gasteiger partial charge on any atom is 0.224 e. The van der Waals surface area contributed by atoms with Crippen molar-refractivity contribution in [1.29, 1.82) is 0 Å². The van der Waals surface area contributed by atoms with Gasteiger partial charge in [-0.15, -0.1) is 0 Å². The highest BCUT2D eigenvalue weighted by molar-refractivity contribution is 5.91. The van der Waals surface area contributed by atoms with Crippen LogP contribution in [0.3, 0.4) is 0 Å². The van der Waals surface area contributed by atoms with Crippen LogP contribution in [0.15, 0.2) is 24.3 Å². The summed E-state index contributed by atoms with van der Waals surface area (Å²) < 4.78 is 0. The fourth-order valence-corrected chi connectivity index (χ4v) is 5.88. The molecule has 4 fully saturated rings. The SMILES string of the molecule is Cc1cccc(NC(=O)CC23CC4CC(CC(O)(C4)C2)C3)c1. The van der Waals surface area contributed by atoms with E-state index in [1.165, 1.54) is 6.42 Å². The Morgan fingerprint density at radius 2 is 2.00 bits per heavy atom. The molecule has 3 nitrogen and oxygen atoms in total. The number of carbonyl (C=O) groups is 1. The van der Waals surface area contributed by atoms with E-state index in [4.69, 9.17) is 0 Å². The number of anilines is 1. The van der Waals surface area contributed by atoms with Crippen molar-refractivity contribution in [2.75, 3.05) is 5.32 Å². The summed E-state index contributed by atoms with van der Waals surface area (Å²) in [4.78, 5) is 12.5. The Bertz CT molecular complexity index is 595. The van der Waals surface area contributed by atoms with E-state index in [1.807, 2.05) is 31.2 Å². The first-order chi connectivity index (χ1) is 10.4. The van der Waals surface area contributed by atoms with Gasteiger partial charge in [-0.3, -0.25) is 4.79 Å². The summed E-state index contributed by atoms with van der Waals surface area (Å²) in [6.07, 6.45) is 6.85. The average Bonchev–Trinajstić information content (AvgIpc) is 2.34. The molecule has 0 saturated heterocycles. The normalized spacial score (nSPS) is 39.0. The lowest BCUT2D eigenvalue weighted by molar-refractivity contribution is -0.167. The first kappa shape index (κ1) is 14.3. The summed E-state index contributed by atoms with van der Waals surface area (Å²) in [6, 6.07) is 7.95. The zero-order chi connectivity index (χ0) is 15.4. The van der Waals surface area contributed by atoms with E-state index >= 15 is 0 Å². The third kappa shape index (κ3) is 2.56. The highest BCUT2D eigenvalue weighted by Crippen LogP contribution is 2.62. The summed E-state index contributed by atoms with van der Waals surface area (Å²) in [5.74, 6) is 1.38. The van der Waals surface area contributed by atoms with Crippen molar-refractivity contribution in [1.82, 2.24) is 0 Å². The maximum absolute atomic E-state index is 12.5. The number of benzene rings is 1. The van der Waals surface area contributed by atoms with Crippen LogP contribution in [-0.2, 0) is 4.79 Å². The molecule has 0 radical (unpaired) electrons. The Morgan fingerprint density at radius 3 is 2.64 bits per heavy atom. The Labute approximate surface area is 132 Å². The minimum atomic E-state index is -0.478. The molecule has 118 valence electrons. The number of rotatable bonds is 3. The standard InChI is InChI=1S/C19H25NO2/c1-13-3-2-4-16(5-13)20-17(21)11-18-7-14-6-15(8-18)10-19(22,9-14)12-18/h2-5,14-15,22H,6-12H2,1H3,(H,20,21). The van der Waals surface area contributed by atoms with E-state index < -0.39 is 5.60 Å². The average molecular weight is 299 g/mol. The van der Waals surface area contributed by atoms with Gasteiger partial charge < -0.3 is 10.4 Å². The van der Waals surface area contributed by atoms with Crippen LogP contribution in [0.1, 0.15) is 50.5 Å². The van der Waals surface area contributed by atoms with Gasteiger partial charge in [0.05, 0.1) is 5.60 Å². The first-order valence-corrected chi connectivity index (χ1v) is 8.53. The number of hydrogen-bond donors (Lipinski definition) is 2. The Hall–Kier alpha value is -1.35. The monoisotopic (exact) mass is 299 g/mol. The number of carbonyl (C=O) groups excluding carboxylic acids is 1. The number of hydrogen-bond acceptors (Lipinski definition) is 2. The summed E-state index contributed by atoms with van der Waals surface area (Å²) >= 11 is 0. The molecule has 0 aromatic heterocycles. The molecule has 2 unspecified atom stereocenters. The molecule has 2 N–H and O–H groups in total. The van der Waals surface area contributed by atoms with Crippen LogP contribution in [0.25, 0.3) is 0 Å². The van der Waals surface area contributed by atoms with Crippen LogP contribution in [0.2, 0.25) is 0 Å². The van der Waals surface area contributed by atoms with Crippen LogP contribution in [0, 0.1) is 24.2 Å². The lowest BCUT2D eigenvalue weighted by atomic mass is 9.47. The zero-order valence-corrected chi connectivity index (χ0v) is 13.3. The quantitative estimate of drug-likeness (QED) is 0.895. The lowest BCUT2D eigenvalue weighted by Gasteiger charge is -2.60. The second kappa shape index (κ2) is 4.82. The minimum absolute atomic E-state index is 0.0484. The molecule has 1 aromatic rings. The van der Waals surface area contributed by atoms with Gasteiger partial charge in [-0.1, -0.05) is 12.1 Å². The third-order valence-electron chi connectivity index (χ3n) is 5.99. The molecule has 4 saturated carbocycles. The Balaban J connectivity index is 1.47. The van der Waals surface area contributed by atoms with Gasteiger partial charge in [0, 0.05) is 12.1 Å². The molecule has 1 amide bonds. The van der Waals surface area contributed by atoms with Gasteiger partial charge in [0.1, 0.15) is 0 Å². The number of amides is 1. The van der Waals surface area contributed by atoms with Crippen LogP contribution >= 0.6 is 0 Å². The van der Waals surface area contributed by atoms with Crippen molar-refractivity contribution in [3.05, 3.63) is 29.8 Å². The van der Waals surface area contributed by atoms with E-state index in [1.54, 1.807) is 0 Å². The van der Waals surface area contributed by atoms with Gasteiger partial charge in [-0.05, 0) is 80.4 Å². The lowest BCUT2D eigenvalue weighted by Crippen LogP contribution is -2.56. The number of aryl methyl sites for hydroxylation is 1. The van der Waals surface area contributed by atoms with Crippen molar-refractivity contribution in [3.8, 4) is 0 Å². The zero-order valence-electron chi connectivity index (χ0n) is 13.3. The smallest absolute Gasteiger partial charge is 0.224 e. The summed E-state index contributed by atoms with van der Waals surface area (Å²) in [7, 11) is 0. The molecular formula is C19H25NO2. The van der Waals surface area contributed by atoms with Crippen molar-refractivity contribution in [2.45, 2.75) is 57.5 Å². The predicted octanol–water partition coefficient (Wildman–Crippen LogP) is 3.65. The molecule has 0 aliphatic heterocycles. The van der Waals surface area contributed by atoms with Crippen LogP contribution in [0.5, 0.6) is 0 Å². The molecule has 4 aliphatic carbocycles. The highest BCUT2D eigenvalue weighted by atomic mass is 16.3. The van der Waals surface area contributed by atoms with Crippen molar-refractivity contribution >= 4 is 11.6 Å². The first-order valence-electron chi connectivity index (χ1n) is 8.53. The molecular weight excluding hydrogens is 274 g/mol. The number of nitrogens with one attached hydrogen (secondary N) is 1. The highest BCUT2D eigenvalue weighted by Gasteiger charge is 2.57. The predicted molar refractivity (Wildman–Crippen MR) is 86.5 cm³/mol. The van der Waals surface area contributed by atoms with Gasteiger partial charge >= 0.3 is 0 Å². The van der Waals surface area contributed by atoms with Gasteiger partial charge in [-0.25, -0.2) is 0 Å². The molecule has 1 aromatic carbocycles. The third-order valence-corrected chi connectivity index (χ3v) is 5.99. The summed E-state index contributed by atoms with van der Waals surface area (Å²) in [5.41, 5.74) is 1.61. The van der Waals surface area contributed by atoms with Crippen LogP contribution < -0.4 is 5.32 Å². The fraction of sp³-hybridized carbons (Fsp3) is 0.632. The topological polar surface area (TPSA) is 49.3 Å². The van der Waals surface area contributed by atoms with E-state index in [2.05, 4.69) is 5.32 Å². The molecule has 0 heterocycles. The van der Waals surface area contributed by atoms with E-state index in [0.717, 1.165) is 43.4 Å². The van der Waals surface area contributed by atoms with Crippen molar-refractivity contribution < 1.29 is 9.90 Å². The molecule has 4 aliphatic rings. The van der Waals surface area contributed by atoms with Gasteiger partial charge in [0.15, 0.2) is 0 Å². The second-order valence-electron chi connectivity index (χ2n) is 8.28. The summed E-state index contributed by atoms with van der Waals surface area (Å²) in [5, 5.41) is 13.8. The van der Waals surface area contributed by atoms with E-state index in [9.17, 15) is 9.90 Å². The maximum atomic E-state index is 12.5. The Kier molecular flexibility index (Phi) is 3.12. The molecule has 22 heavy (non-hydrogen) atoms. The second-order valence-corrected chi connectivity index (χ2v) is 8.28. The van der Waals surface area contributed by atoms with Gasteiger partial charge in [-0.2, -0.15) is 0 Å². The molecule has 5 rings (SSSR count). The van der Waals surface area contributed by atoms with Crippen LogP contribution in [-0.4, -0.2) is 16.6 Å². The van der Waals surface area contributed by atoms with Crippen molar-refractivity contribution in [2.24, 2.45) is 17.3 Å². The molecule has 0 spiro atoms. The minimum Gasteiger partial charge on any atom is -0.390 e. The largest absolute Gasteiger partial charge is 0.390 e. The fourth-order valence-electron chi connectivity index (χ4n) is 5.88. The van der Waals surface area contributed by atoms with E-state index in [0.29, 0.717) is 18.3 Å². The van der Waals surface area contributed by atoms with Crippen LogP contribution in [0.4, 0.5) is 5.69 Å². The molecule has 2 atom stereocenters. The Morgan fingerprint density at radius 1 is 1.27 bits per heavy atom. The molecule has 3 heteroatoms. The van der Waals surface area contributed by atoms with E-state index in [-0.39, 0.29) is 11.3 Å². The number of aliphatic hydroxyl groups is 1. The van der Waals surface area contributed by atoms with Gasteiger partial charge in [0.2, 0.25) is 5.91 Å². The van der Waals surface area contributed by atoms with Crippen molar-refractivity contribution in [3.63, 3.8) is 0 Å². The summed E-state index contributed by atoms with van der Waals surface area (Å²) in [6.45, 7) is 2.03. The van der Waals surface area contributed by atoms with Gasteiger partial charge in [0.25, 0.3) is 0 Å².